The predicted octanol–water partition coefficient (Wildman–Crippen LogP) is 3.19. The molecule has 0 saturated carbocycles. The van der Waals surface area contributed by atoms with Crippen molar-refractivity contribution in [3.05, 3.63) is 71.8 Å². The number of amides is 4. The molecule has 0 heterocycles. The summed E-state index contributed by atoms with van der Waals surface area (Å²) in [5, 5.41) is 7.90. The Labute approximate surface area is 223 Å². The molecule has 206 valence electrons. The van der Waals surface area contributed by atoms with Gasteiger partial charge in [-0.2, -0.15) is 0 Å². The maximum Gasteiger partial charge on any atom is 0.408 e. The second kappa shape index (κ2) is 15.2. The summed E-state index contributed by atoms with van der Waals surface area (Å²) in [6.45, 7) is 5.67. The Balaban J connectivity index is 1.84. The molecule has 10 nitrogen and oxygen atoms in total. The first-order chi connectivity index (χ1) is 18.0. The third-order valence-corrected chi connectivity index (χ3v) is 5.35. The van der Waals surface area contributed by atoms with E-state index in [1.54, 1.807) is 20.8 Å². The highest BCUT2D eigenvalue weighted by molar-refractivity contribution is 5.90. The number of primary amides is 1. The van der Waals surface area contributed by atoms with Crippen molar-refractivity contribution in [2.24, 2.45) is 5.73 Å². The van der Waals surface area contributed by atoms with Crippen molar-refractivity contribution < 1.29 is 28.7 Å². The van der Waals surface area contributed by atoms with Crippen LogP contribution in [0.15, 0.2) is 60.7 Å². The summed E-state index contributed by atoms with van der Waals surface area (Å²) in [5.74, 6) is -1.24. The van der Waals surface area contributed by atoms with Crippen LogP contribution in [0.25, 0.3) is 0 Å². The van der Waals surface area contributed by atoms with Crippen molar-refractivity contribution in [2.45, 2.75) is 70.7 Å². The molecule has 0 aromatic heterocycles. The van der Waals surface area contributed by atoms with Crippen LogP contribution in [-0.2, 0) is 32.1 Å². The molecule has 2 aromatic rings. The van der Waals surface area contributed by atoms with E-state index in [9.17, 15) is 19.2 Å². The molecule has 0 aliphatic rings. The molecule has 0 bridgehead atoms. The lowest BCUT2D eigenvalue weighted by molar-refractivity contribution is -0.128. The average molecular weight is 527 g/mol. The standard InChI is InChI=1S/C28H38N4O6/c1-28(2,3)38-27(36)32-23(18-20-12-6-4-7-13-20)25(34)31-22(24(29)33)16-10-11-17-30-26(35)37-19-21-14-8-5-9-15-21/h4-9,12-15,22-23H,10-11,16-19H2,1-3H3,(H2,29,33)(H,30,35)(H,31,34)(H,32,36). The van der Waals surface area contributed by atoms with E-state index in [4.69, 9.17) is 15.2 Å². The van der Waals surface area contributed by atoms with Gasteiger partial charge in [0.2, 0.25) is 11.8 Å². The summed E-state index contributed by atoms with van der Waals surface area (Å²) >= 11 is 0. The van der Waals surface area contributed by atoms with Gasteiger partial charge in [-0.25, -0.2) is 9.59 Å². The molecule has 2 unspecified atom stereocenters. The minimum absolute atomic E-state index is 0.171. The third kappa shape index (κ3) is 12.2. The minimum Gasteiger partial charge on any atom is -0.445 e. The van der Waals surface area contributed by atoms with Crippen LogP contribution >= 0.6 is 0 Å². The van der Waals surface area contributed by atoms with Gasteiger partial charge in [0.1, 0.15) is 24.3 Å². The van der Waals surface area contributed by atoms with Gasteiger partial charge in [-0.3, -0.25) is 9.59 Å². The van der Waals surface area contributed by atoms with E-state index >= 15 is 0 Å². The van der Waals surface area contributed by atoms with Crippen molar-refractivity contribution in [3.8, 4) is 0 Å². The van der Waals surface area contributed by atoms with Gasteiger partial charge < -0.3 is 31.2 Å². The molecule has 0 fully saturated rings. The lowest BCUT2D eigenvalue weighted by atomic mass is 10.0. The molecule has 5 N–H and O–H groups in total. The fourth-order valence-corrected chi connectivity index (χ4v) is 3.50. The second-order valence-corrected chi connectivity index (χ2v) is 9.84. The van der Waals surface area contributed by atoms with E-state index in [1.165, 1.54) is 0 Å². The summed E-state index contributed by atoms with van der Waals surface area (Å²) in [6.07, 6.45) is 0.248. The van der Waals surface area contributed by atoms with Crippen LogP contribution in [0.5, 0.6) is 0 Å². The van der Waals surface area contributed by atoms with Crippen molar-refractivity contribution in [3.63, 3.8) is 0 Å². The Morgan fingerprint density at radius 2 is 1.42 bits per heavy atom. The van der Waals surface area contributed by atoms with Gasteiger partial charge in [-0.1, -0.05) is 60.7 Å². The number of carbonyl (C=O) groups excluding carboxylic acids is 4. The number of nitrogens with two attached hydrogens (primary N) is 1. The fourth-order valence-electron chi connectivity index (χ4n) is 3.50. The van der Waals surface area contributed by atoms with Crippen LogP contribution in [0.3, 0.4) is 0 Å². The van der Waals surface area contributed by atoms with Crippen LogP contribution in [0.4, 0.5) is 9.59 Å². The number of ether oxygens (including phenoxy) is 2. The Hall–Kier alpha value is -4.08. The normalized spacial score (nSPS) is 12.5. The lowest BCUT2D eigenvalue weighted by Gasteiger charge is -2.25. The highest BCUT2D eigenvalue weighted by atomic mass is 16.6. The average Bonchev–Trinajstić information content (AvgIpc) is 2.86. The zero-order chi connectivity index (χ0) is 28.0. The molecule has 0 saturated heterocycles. The highest BCUT2D eigenvalue weighted by Gasteiger charge is 2.27. The second-order valence-electron chi connectivity index (χ2n) is 9.84. The smallest absolute Gasteiger partial charge is 0.408 e. The Bertz CT molecular complexity index is 1040. The first-order valence-corrected chi connectivity index (χ1v) is 12.6. The summed E-state index contributed by atoms with van der Waals surface area (Å²) in [4.78, 5) is 49.3. The molecular weight excluding hydrogens is 488 g/mol. The number of hydrogen-bond acceptors (Lipinski definition) is 6. The van der Waals surface area contributed by atoms with Gasteiger partial charge in [0.25, 0.3) is 0 Å². The van der Waals surface area contributed by atoms with Crippen molar-refractivity contribution in [1.29, 1.82) is 0 Å². The number of benzene rings is 2. The largest absolute Gasteiger partial charge is 0.445 e. The summed E-state index contributed by atoms with van der Waals surface area (Å²) in [6, 6.07) is 16.6. The summed E-state index contributed by atoms with van der Waals surface area (Å²) < 4.78 is 10.5. The molecule has 4 amide bonds. The fraction of sp³-hybridized carbons (Fsp3) is 0.429. The van der Waals surface area contributed by atoms with Crippen LogP contribution in [0, 0.1) is 0 Å². The van der Waals surface area contributed by atoms with Gasteiger partial charge in [-0.15, -0.1) is 0 Å². The maximum absolute atomic E-state index is 13.1. The van der Waals surface area contributed by atoms with Crippen molar-refractivity contribution in [2.75, 3.05) is 6.54 Å². The zero-order valence-electron chi connectivity index (χ0n) is 22.2. The topological polar surface area (TPSA) is 149 Å². The number of nitrogens with one attached hydrogen (secondary N) is 3. The van der Waals surface area contributed by atoms with Crippen LogP contribution in [0.2, 0.25) is 0 Å². The van der Waals surface area contributed by atoms with Crippen LogP contribution in [0.1, 0.15) is 51.2 Å². The predicted molar refractivity (Wildman–Crippen MR) is 143 cm³/mol. The molecule has 38 heavy (non-hydrogen) atoms. The summed E-state index contributed by atoms with van der Waals surface area (Å²) in [5.41, 5.74) is 6.49. The van der Waals surface area contributed by atoms with Gasteiger partial charge >= 0.3 is 12.2 Å². The maximum atomic E-state index is 13.1. The quantitative estimate of drug-likeness (QED) is 0.295. The van der Waals surface area contributed by atoms with E-state index in [1.807, 2.05) is 60.7 Å². The van der Waals surface area contributed by atoms with E-state index in [0.29, 0.717) is 19.4 Å². The van der Waals surface area contributed by atoms with Crippen molar-refractivity contribution >= 4 is 24.0 Å². The van der Waals surface area contributed by atoms with E-state index in [0.717, 1.165) is 11.1 Å². The van der Waals surface area contributed by atoms with Gasteiger partial charge in [-0.05, 0) is 51.2 Å². The van der Waals surface area contributed by atoms with Crippen LogP contribution in [-0.4, -0.2) is 48.2 Å². The van der Waals surface area contributed by atoms with E-state index in [-0.39, 0.29) is 19.4 Å². The molecule has 10 heteroatoms. The number of unbranched alkanes of at least 4 members (excludes halogenated alkanes) is 1. The molecule has 0 aliphatic heterocycles. The first-order valence-electron chi connectivity index (χ1n) is 12.6. The minimum atomic E-state index is -0.977. The Kier molecular flexibility index (Phi) is 12.1. The lowest BCUT2D eigenvalue weighted by Crippen LogP contribution is -2.54. The van der Waals surface area contributed by atoms with E-state index in [2.05, 4.69) is 16.0 Å². The molecule has 2 atom stereocenters. The SMILES string of the molecule is CC(C)(C)OC(=O)NC(Cc1ccccc1)C(=O)NC(CCCCNC(=O)OCc1ccccc1)C(N)=O. The number of carbonyl (C=O) groups is 4. The van der Waals surface area contributed by atoms with Gasteiger partial charge in [0.15, 0.2) is 0 Å². The molecule has 0 radical (unpaired) electrons. The molecule has 2 rings (SSSR count). The summed E-state index contributed by atoms with van der Waals surface area (Å²) in [7, 11) is 0. The highest BCUT2D eigenvalue weighted by Crippen LogP contribution is 2.10. The Morgan fingerprint density at radius 1 is 0.816 bits per heavy atom. The monoisotopic (exact) mass is 526 g/mol. The Morgan fingerprint density at radius 3 is 2.00 bits per heavy atom. The first kappa shape index (κ1) is 30.1. The molecule has 0 spiro atoms. The van der Waals surface area contributed by atoms with E-state index < -0.39 is 41.7 Å². The number of hydrogen-bond donors (Lipinski definition) is 4. The van der Waals surface area contributed by atoms with Gasteiger partial charge in [0, 0.05) is 13.0 Å². The molecule has 0 aliphatic carbocycles. The number of alkyl carbamates (subject to hydrolysis) is 2. The zero-order valence-corrected chi connectivity index (χ0v) is 22.2. The van der Waals surface area contributed by atoms with Crippen molar-refractivity contribution in [1.82, 2.24) is 16.0 Å². The third-order valence-electron chi connectivity index (χ3n) is 5.35. The number of rotatable bonds is 13. The molecular formula is C28H38N4O6. The van der Waals surface area contributed by atoms with Gasteiger partial charge in [0.05, 0.1) is 0 Å². The van der Waals surface area contributed by atoms with Crippen LogP contribution < -0.4 is 21.7 Å². The molecule has 2 aromatic carbocycles.